The molecule has 0 saturated heterocycles. The van der Waals surface area contributed by atoms with Gasteiger partial charge in [-0.05, 0) is 150 Å². The van der Waals surface area contributed by atoms with E-state index in [0.29, 0.717) is 0 Å². The number of hydrogen-bond acceptors (Lipinski definition) is 3. The zero-order valence-corrected chi connectivity index (χ0v) is 42.9. The number of furan rings is 1. The van der Waals surface area contributed by atoms with Gasteiger partial charge in [0.25, 0.3) is 0 Å². The van der Waals surface area contributed by atoms with Crippen LogP contribution in [0.5, 0.6) is 0 Å². The van der Waals surface area contributed by atoms with Gasteiger partial charge < -0.3 is 14.2 Å². The summed E-state index contributed by atoms with van der Waals surface area (Å²) >= 11 is 0. The van der Waals surface area contributed by atoms with Crippen molar-refractivity contribution in [1.29, 1.82) is 0 Å². The molecular formula is C74H52N2O. The number of fused-ring (bicyclic) bond motifs is 10. The Kier molecular flexibility index (Phi) is 10.1. The van der Waals surface area contributed by atoms with E-state index >= 15 is 0 Å². The molecule has 0 atom stereocenters. The molecule has 3 heteroatoms. The molecule has 0 N–H and O–H groups in total. The molecular weight excluding hydrogens is 933 g/mol. The van der Waals surface area contributed by atoms with Gasteiger partial charge in [-0.3, -0.25) is 0 Å². The highest BCUT2D eigenvalue weighted by atomic mass is 16.3. The summed E-state index contributed by atoms with van der Waals surface area (Å²) in [6.45, 7) is 4.71. The van der Waals surface area contributed by atoms with Gasteiger partial charge in [0, 0.05) is 44.6 Å². The van der Waals surface area contributed by atoms with Crippen molar-refractivity contribution in [2.24, 2.45) is 0 Å². The summed E-state index contributed by atoms with van der Waals surface area (Å²) in [4.78, 5) is 4.83. The van der Waals surface area contributed by atoms with Crippen LogP contribution < -0.4 is 9.80 Å². The van der Waals surface area contributed by atoms with E-state index in [-0.39, 0.29) is 5.41 Å². The highest BCUT2D eigenvalue weighted by molar-refractivity contribution is 6.10. The minimum atomic E-state index is -0.569. The molecule has 0 bridgehead atoms. The van der Waals surface area contributed by atoms with Crippen LogP contribution in [0, 0.1) is 0 Å². The smallest absolute Gasteiger partial charge is 0.159 e. The molecule has 3 nitrogen and oxygen atoms in total. The number of para-hydroxylation sites is 2. The highest BCUT2D eigenvalue weighted by Gasteiger charge is 2.46. The average Bonchev–Trinajstić information content (AvgIpc) is 4.11. The molecule has 13 aromatic rings. The molecule has 0 saturated carbocycles. The van der Waals surface area contributed by atoms with Crippen molar-refractivity contribution in [3.63, 3.8) is 0 Å². The van der Waals surface area contributed by atoms with Gasteiger partial charge in [-0.25, -0.2) is 0 Å². The molecule has 0 amide bonds. The number of hydrogen-bond donors (Lipinski definition) is 0. The Morgan fingerprint density at radius 3 is 1.61 bits per heavy atom. The first kappa shape index (κ1) is 44.8. The quantitative estimate of drug-likeness (QED) is 0.144. The second kappa shape index (κ2) is 17.4. The van der Waals surface area contributed by atoms with E-state index in [2.05, 4.69) is 297 Å². The Bertz CT molecular complexity index is 4400. The monoisotopic (exact) mass is 984 g/mol. The van der Waals surface area contributed by atoms with Crippen molar-refractivity contribution >= 4 is 66.8 Å². The second-order valence-electron chi connectivity index (χ2n) is 21.2. The number of benzene rings is 12. The molecule has 1 heterocycles. The molecule has 77 heavy (non-hydrogen) atoms. The van der Waals surface area contributed by atoms with Crippen molar-refractivity contribution in [2.45, 2.75) is 24.7 Å². The van der Waals surface area contributed by atoms with Crippen LogP contribution in [-0.2, 0) is 10.8 Å². The van der Waals surface area contributed by atoms with Crippen molar-refractivity contribution in [3.8, 4) is 33.4 Å². The molecule has 0 radical (unpaired) electrons. The fraction of sp³-hybridized carbons (Fsp3) is 0.0541. The highest BCUT2D eigenvalue weighted by Crippen LogP contribution is 2.57. The zero-order chi connectivity index (χ0) is 51.2. The summed E-state index contributed by atoms with van der Waals surface area (Å²) in [6, 6.07) is 103. The van der Waals surface area contributed by atoms with Gasteiger partial charge >= 0.3 is 0 Å². The van der Waals surface area contributed by atoms with E-state index in [1.54, 1.807) is 0 Å². The van der Waals surface area contributed by atoms with Gasteiger partial charge in [0.2, 0.25) is 0 Å². The minimum absolute atomic E-state index is 0.136. The topological polar surface area (TPSA) is 19.6 Å². The van der Waals surface area contributed by atoms with Crippen molar-refractivity contribution in [2.75, 3.05) is 9.80 Å². The Balaban J connectivity index is 0.946. The van der Waals surface area contributed by atoms with Crippen LogP contribution >= 0.6 is 0 Å². The number of anilines is 6. The molecule has 2 aliphatic rings. The van der Waals surface area contributed by atoms with Gasteiger partial charge in [0.05, 0.1) is 11.1 Å². The molecule has 0 aliphatic heterocycles. The molecule has 364 valence electrons. The average molecular weight is 985 g/mol. The van der Waals surface area contributed by atoms with Gasteiger partial charge in [0.15, 0.2) is 5.58 Å². The maximum Gasteiger partial charge on any atom is 0.159 e. The van der Waals surface area contributed by atoms with E-state index in [0.717, 1.165) is 61.6 Å². The third kappa shape index (κ3) is 6.90. The number of rotatable bonds is 9. The fourth-order valence-corrected chi connectivity index (χ4v) is 13.2. The fourth-order valence-electron chi connectivity index (χ4n) is 13.2. The lowest BCUT2D eigenvalue weighted by atomic mass is 9.67. The van der Waals surface area contributed by atoms with Crippen LogP contribution in [0.4, 0.5) is 34.1 Å². The van der Waals surface area contributed by atoms with Gasteiger partial charge in [0.1, 0.15) is 5.58 Å². The SMILES string of the molecule is CC1(C)c2ccccc2-c2cc(N(c3cccc(N(c4ccc(-c5ccc6ccccc6c5)cc4)c4cccc5c4oc4ccccc45)c3)c3cccc(C4(c5ccccc5)c5ccccc5-c5ccccc54)c3)ccc21. The first-order valence-corrected chi connectivity index (χ1v) is 26.7. The predicted molar refractivity (Wildman–Crippen MR) is 321 cm³/mol. The standard InChI is InChI=1S/C74H52N2O/c1-73(2)66-32-12-8-29-62(66)65-48-59(43-44-67(65)73)75(56-24-16-23-54(46-56)74(53-21-4-3-5-22-53)68-33-13-9-27-60(68)61-28-10-14-34-69(61)74)57-25-17-26-58(47-57)76(70-35-18-31-64-63-30-11-15-36-71(63)77-72(64)70)55-41-39-50(40-42-55)52-38-37-49-19-6-7-20-51(49)45-52/h3-48H,1-2H3. The Morgan fingerprint density at radius 2 is 0.844 bits per heavy atom. The molecule has 1 aromatic heterocycles. The third-order valence-electron chi connectivity index (χ3n) is 16.7. The Labute approximate surface area is 449 Å². The summed E-state index contributed by atoms with van der Waals surface area (Å²) in [5.41, 5.74) is 22.3. The Morgan fingerprint density at radius 1 is 0.312 bits per heavy atom. The number of nitrogens with zero attached hydrogens (tertiary/aromatic N) is 2. The van der Waals surface area contributed by atoms with Crippen LogP contribution in [0.3, 0.4) is 0 Å². The van der Waals surface area contributed by atoms with Crippen molar-refractivity contribution in [1.82, 2.24) is 0 Å². The summed E-state index contributed by atoms with van der Waals surface area (Å²) < 4.78 is 6.85. The third-order valence-corrected chi connectivity index (χ3v) is 16.7. The van der Waals surface area contributed by atoms with Crippen LogP contribution in [0.15, 0.2) is 283 Å². The zero-order valence-electron chi connectivity index (χ0n) is 42.9. The van der Waals surface area contributed by atoms with Gasteiger partial charge in [-0.2, -0.15) is 0 Å². The van der Waals surface area contributed by atoms with Gasteiger partial charge in [-0.1, -0.05) is 220 Å². The van der Waals surface area contributed by atoms with E-state index in [1.807, 2.05) is 6.07 Å². The van der Waals surface area contributed by atoms with Crippen molar-refractivity contribution in [3.05, 3.63) is 312 Å². The molecule has 15 rings (SSSR count). The van der Waals surface area contributed by atoms with Gasteiger partial charge in [-0.15, -0.1) is 0 Å². The maximum atomic E-state index is 6.85. The normalized spacial score (nSPS) is 13.5. The lowest BCUT2D eigenvalue weighted by Gasteiger charge is -2.35. The molecule has 0 unspecified atom stereocenters. The summed E-state index contributed by atoms with van der Waals surface area (Å²) in [7, 11) is 0. The summed E-state index contributed by atoms with van der Waals surface area (Å²) in [5, 5.41) is 4.63. The van der Waals surface area contributed by atoms with Crippen LogP contribution in [0.2, 0.25) is 0 Å². The van der Waals surface area contributed by atoms with Crippen molar-refractivity contribution < 1.29 is 4.42 Å². The molecule has 2 aliphatic carbocycles. The van der Waals surface area contributed by atoms with Crippen LogP contribution in [-0.4, -0.2) is 0 Å². The maximum absolute atomic E-state index is 6.85. The second-order valence-corrected chi connectivity index (χ2v) is 21.2. The molecule has 0 fully saturated rings. The van der Waals surface area contributed by atoms with E-state index in [4.69, 9.17) is 4.42 Å². The van der Waals surface area contributed by atoms with Crippen LogP contribution in [0.1, 0.15) is 47.2 Å². The van der Waals surface area contributed by atoms with E-state index < -0.39 is 5.41 Å². The van der Waals surface area contributed by atoms with E-state index in [1.165, 1.54) is 72.0 Å². The molecule has 0 spiro atoms. The first-order chi connectivity index (χ1) is 37.9. The lowest BCUT2D eigenvalue weighted by Crippen LogP contribution is -2.28. The van der Waals surface area contributed by atoms with Crippen LogP contribution in [0.25, 0.3) is 66.1 Å². The summed E-state index contributed by atoms with van der Waals surface area (Å²) in [6.07, 6.45) is 0. The minimum Gasteiger partial charge on any atom is -0.454 e. The predicted octanol–water partition coefficient (Wildman–Crippen LogP) is 20.0. The largest absolute Gasteiger partial charge is 0.454 e. The van der Waals surface area contributed by atoms with E-state index in [9.17, 15) is 0 Å². The summed E-state index contributed by atoms with van der Waals surface area (Å²) in [5.74, 6) is 0. The Hall–Kier alpha value is -9.70. The lowest BCUT2D eigenvalue weighted by molar-refractivity contribution is 0.660. The molecule has 12 aromatic carbocycles. The first-order valence-electron chi connectivity index (χ1n) is 26.7.